The molecule has 2 heterocycles. The van der Waals surface area contributed by atoms with Gasteiger partial charge in [-0.05, 0) is 41.8 Å². The van der Waals surface area contributed by atoms with E-state index in [4.69, 9.17) is 14.9 Å². The molecule has 4 rings (SSSR count). The van der Waals surface area contributed by atoms with Crippen LogP contribution in [0.4, 0.5) is 5.13 Å². The van der Waals surface area contributed by atoms with Gasteiger partial charge in [-0.2, -0.15) is 0 Å². The molecule has 7 nitrogen and oxygen atoms in total. The Hall–Kier alpha value is -3.10. The lowest BCUT2D eigenvalue weighted by atomic mass is 10.1. The highest BCUT2D eigenvalue weighted by molar-refractivity contribution is 7.18. The Balaban J connectivity index is 1.37. The average Bonchev–Trinajstić information content (AvgIpc) is 3.32. The zero-order valence-corrected chi connectivity index (χ0v) is 16.1. The van der Waals surface area contributed by atoms with Crippen molar-refractivity contribution in [2.75, 3.05) is 19.0 Å². The molecule has 4 N–H and O–H groups in total. The fourth-order valence-corrected chi connectivity index (χ4v) is 3.76. The Morgan fingerprint density at radius 1 is 1.29 bits per heavy atom. The van der Waals surface area contributed by atoms with Gasteiger partial charge in [-0.3, -0.25) is 4.98 Å². The van der Waals surface area contributed by atoms with E-state index in [9.17, 15) is 4.79 Å². The highest BCUT2D eigenvalue weighted by Gasteiger charge is 2.10. The van der Waals surface area contributed by atoms with Crippen molar-refractivity contribution in [1.29, 1.82) is 0 Å². The van der Waals surface area contributed by atoms with E-state index >= 15 is 0 Å². The van der Waals surface area contributed by atoms with Crippen molar-refractivity contribution in [1.82, 2.24) is 9.97 Å². The Morgan fingerprint density at radius 2 is 2.11 bits per heavy atom. The number of methoxy groups -OCH3 is 1. The van der Waals surface area contributed by atoms with Gasteiger partial charge in [-0.1, -0.05) is 29.5 Å². The van der Waals surface area contributed by atoms with E-state index in [0.717, 1.165) is 33.3 Å². The number of rotatable bonds is 7. The second kappa shape index (κ2) is 7.87. The number of oxazole rings is 1. The minimum absolute atomic E-state index is 0.0359. The monoisotopic (exact) mass is 396 g/mol. The summed E-state index contributed by atoms with van der Waals surface area (Å²) in [6, 6.07) is 13.5. The lowest BCUT2D eigenvalue weighted by Crippen LogP contribution is -2.31. The van der Waals surface area contributed by atoms with Crippen LogP contribution in [0.1, 0.15) is 5.56 Å². The number of hydrogen-bond donors (Lipinski definition) is 3. The summed E-state index contributed by atoms with van der Waals surface area (Å²) < 4.78 is 10.3. The number of nitrogens with two attached hydrogens (primary N) is 1. The quantitative estimate of drug-likeness (QED) is 0.443. The lowest BCUT2D eigenvalue weighted by molar-refractivity contribution is 0.414. The lowest BCUT2D eigenvalue weighted by Gasteiger charge is -2.12. The third-order valence-corrected chi connectivity index (χ3v) is 5.39. The van der Waals surface area contributed by atoms with Crippen LogP contribution in [0.25, 0.3) is 21.5 Å². The van der Waals surface area contributed by atoms with Gasteiger partial charge in [-0.15, -0.1) is 0 Å². The van der Waals surface area contributed by atoms with Crippen LogP contribution in [-0.2, 0) is 6.42 Å². The molecule has 8 heteroatoms. The summed E-state index contributed by atoms with van der Waals surface area (Å²) in [4.78, 5) is 19.3. The van der Waals surface area contributed by atoms with Crippen molar-refractivity contribution < 1.29 is 9.15 Å². The van der Waals surface area contributed by atoms with Crippen LogP contribution in [0, 0.1) is 0 Å². The molecule has 0 saturated heterocycles. The fourth-order valence-electron chi connectivity index (χ4n) is 2.94. The van der Waals surface area contributed by atoms with Crippen molar-refractivity contribution in [3.8, 4) is 16.2 Å². The number of H-pyrrole nitrogens is 1. The molecule has 0 bridgehead atoms. The van der Waals surface area contributed by atoms with E-state index < -0.39 is 5.76 Å². The molecule has 0 aliphatic carbocycles. The number of nitrogens with one attached hydrogen (secondary N) is 2. The molecule has 0 saturated carbocycles. The van der Waals surface area contributed by atoms with Crippen molar-refractivity contribution in [3.05, 3.63) is 64.8 Å². The normalized spacial score (nSPS) is 12.2. The first kappa shape index (κ1) is 18.3. The average molecular weight is 396 g/mol. The molecular formula is C20H20N4O3S. The molecule has 0 fully saturated rings. The number of aromatic amines is 1. The number of benzene rings is 2. The van der Waals surface area contributed by atoms with Crippen LogP contribution in [0.5, 0.6) is 5.75 Å². The van der Waals surface area contributed by atoms with Crippen molar-refractivity contribution in [3.63, 3.8) is 0 Å². The largest absolute Gasteiger partial charge is 0.497 e. The number of thiazole rings is 1. The van der Waals surface area contributed by atoms with Gasteiger partial charge >= 0.3 is 5.76 Å². The maximum atomic E-state index is 11.3. The Morgan fingerprint density at radius 3 is 2.89 bits per heavy atom. The molecule has 1 atom stereocenters. The van der Waals surface area contributed by atoms with Gasteiger partial charge in [0.2, 0.25) is 0 Å². The molecule has 0 unspecified atom stereocenters. The molecule has 0 amide bonds. The molecule has 4 aromatic rings. The number of nitrogens with zero attached hydrogens (tertiary/aromatic N) is 1. The maximum absolute atomic E-state index is 11.3. The summed E-state index contributed by atoms with van der Waals surface area (Å²) in [6.07, 6.45) is 2.56. The molecule has 144 valence electrons. The van der Waals surface area contributed by atoms with Gasteiger partial charge in [0.05, 0.1) is 17.5 Å². The van der Waals surface area contributed by atoms with E-state index in [1.165, 1.54) is 11.3 Å². The van der Waals surface area contributed by atoms with Crippen molar-refractivity contribution in [2.45, 2.75) is 12.5 Å². The van der Waals surface area contributed by atoms with Gasteiger partial charge in [0.25, 0.3) is 0 Å². The van der Waals surface area contributed by atoms with E-state index in [0.29, 0.717) is 17.6 Å². The van der Waals surface area contributed by atoms with Gasteiger partial charge in [0, 0.05) is 18.8 Å². The van der Waals surface area contributed by atoms with Crippen LogP contribution in [0.3, 0.4) is 0 Å². The van der Waals surface area contributed by atoms with Gasteiger partial charge in [0.15, 0.2) is 10.7 Å². The molecule has 28 heavy (non-hydrogen) atoms. The van der Waals surface area contributed by atoms with E-state index in [1.807, 2.05) is 42.5 Å². The number of aromatic nitrogens is 2. The van der Waals surface area contributed by atoms with E-state index in [1.54, 1.807) is 13.3 Å². The number of fused-ring (bicyclic) bond motifs is 1. The summed E-state index contributed by atoms with van der Waals surface area (Å²) in [7, 11) is 1.65. The van der Waals surface area contributed by atoms with Crippen LogP contribution in [0.15, 0.2) is 57.9 Å². The molecule has 0 aliphatic heterocycles. The summed E-state index contributed by atoms with van der Waals surface area (Å²) in [5.41, 5.74) is 9.57. The predicted molar refractivity (Wildman–Crippen MR) is 111 cm³/mol. The smallest absolute Gasteiger partial charge is 0.417 e. The number of hydrogen-bond acceptors (Lipinski definition) is 7. The molecule has 0 spiro atoms. The fraction of sp³-hybridized carbons (Fsp3) is 0.200. The van der Waals surface area contributed by atoms with Crippen LogP contribution < -0.4 is 21.5 Å². The predicted octanol–water partition coefficient (Wildman–Crippen LogP) is 3.24. The first-order valence-electron chi connectivity index (χ1n) is 8.82. The minimum atomic E-state index is -0.454. The minimum Gasteiger partial charge on any atom is -0.497 e. The second-order valence-electron chi connectivity index (χ2n) is 6.45. The van der Waals surface area contributed by atoms with Crippen LogP contribution in [-0.4, -0.2) is 29.7 Å². The van der Waals surface area contributed by atoms with E-state index in [2.05, 4.69) is 15.3 Å². The van der Waals surface area contributed by atoms with Crippen LogP contribution >= 0.6 is 11.3 Å². The van der Waals surface area contributed by atoms with Gasteiger partial charge in [0.1, 0.15) is 5.75 Å². The third kappa shape index (κ3) is 4.08. The first-order chi connectivity index (χ1) is 13.6. The molecular weight excluding hydrogens is 376 g/mol. The molecule has 0 radical (unpaired) electrons. The summed E-state index contributed by atoms with van der Waals surface area (Å²) in [6.45, 7) is 0.616. The maximum Gasteiger partial charge on any atom is 0.417 e. The molecule has 2 aromatic heterocycles. The summed E-state index contributed by atoms with van der Waals surface area (Å²) >= 11 is 1.53. The summed E-state index contributed by atoms with van der Waals surface area (Å²) in [5.74, 6) is 0.382. The zero-order valence-electron chi connectivity index (χ0n) is 15.3. The molecule has 2 aromatic carbocycles. The van der Waals surface area contributed by atoms with E-state index in [-0.39, 0.29) is 6.04 Å². The standard InChI is InChI=1S/C20H20N4O3S/c1-26-15-5-2-12(3-6-15)8-14(21)10-22-19-23-11-18(28-19)13-4-7-16-17(9-13)27-20(25)24-16/h2-7,9,11,14H,8,10,21H2,1H3,(H,22,23)(H,24,25)/t14-/m1/s1. The molecule has 0 aliphatic rings. The number of anilines is 1. The Bertz CT molecular complexity index is 1130. The Kier molecular flexibility index (Phi) is 5.14. The van der Waals surface area contributed by atoms with Gasteiger partial charge in [-0.25, -0.2) is 9.78 Å². The van der Waals surface area contributed by atoms with Gasteiger partial charge < -0.3 is 20.2 Å². The van der Waals surface area contributed by atoms with Crippen molar-refractivity contribution in [2.24, 2.45) is 5.73 Å². The first-order valence-corrected chi connectivity index (χ1v) is 9.64. The number of ether oxygens (including phenoxy) is 1. The Labute approximate surface area is 165 Å². The highest BCUT2D eigenvalue weighted by Crippen LogP contribution is 2.30. The van der Waals surface area contributed by atoms with Crippen molar-refractivity contribution >= 4 is 27.6 Å². The topological polar surface area (TPSA) is 106 Å². The SMILES string of the molecule is COc1ccc(C[C@@H](N)CNc2ncc(-c3ccc4[nH]c(=O)oc4c3)s2)cc1. The highest BCUT2D eigenvalue weighted by atomic mass is 32.1. The zero-order chi connectivity index (χ0) is 19.5. The summed E-state index contributed by atoms with van der Waals surface area (Å²) in [5, 5.41) is 4.10. The van der Waals surface area contributed by atoms with Crippen LogP contribution in [0.2, 0.25) is 0 Å². The third-order valence-electron chi connectivity index (χ3n) is 4.38. The second-order valence-corrected chi connectivity index (χ2v) is 7.48.